The number of fused-ring (bicyclic) bond motifs is 4. The van der Waals surface area contributed by atoms with Crippen molar-refractivity contribution in [2.75, 3.05) is 10.2 Å². The number of aliphatic carboxylic acids is 1. The van der Waals surface area contributed by atoms with Crippen molar-refractivity contribution >= 4 is 35.1 Å². The van der Waals surface area contributed by atoms with Crippen LogP contribution in [0.5, 0.6) is 0 Å². The molecule has 8 nitrogen and oxygen atoms in total. The predicted molar refractivity (Wildman–Crippen MR) is 116 cm³/mol. The minimum atomic E-state index is -1.41. The standard InChI is InChI=1S/C24H23N3O5/c1-2-13-7-9-14(10-8-13)27-21(30)19-17(11-12-18(28)29)26-24(20(19)22(27)31)15-5-3-4-6-16(15)25-23(24)32/h3-10,17,19-20,26H,2,11-12H2,1H3,(H,25,32)(H,28,29)/t17-,19+,20-,24-/m0/s1. The number of carbonyl (C=O) groups excluding carboxylic acids is 3. The first kappa shape index (κ1) is 20.4. The summed E-state index contributed by atoms with van der Waals surface area (Å²) < 4.78 is 0. The van der Waals surface area contributed by atoms with Crippen LogP contribution in [0.25, 0.3) is 0 Å². The van der Waals surface area contributed by atoms with E-state index in [9.17, 15) is 24.3 Å². The number of amides is 3. The zero-order chi connectivity index (χ0) is 22.6. The quantitative estimate of drug-likeness (QED) is 0.622. The van der Waals surface area contributed by atoms with Crippen LogP contribution in [-0.4, -0.2) is 34.8 Å². The minimum Gasteiger partial charge on any atom is -0.481 e. The molecule has 0 aromatic heterocycles. The van der Waals surface area contributed by atoms with Gasteiger partial charge in [0.1, 0.15) is 5.54 Å². The molecule has 3 N–H and O–H groups in total. The molecule has 0 radical (unpaired) electrons. The zero-order valence-electron chi connectivity index (χ0n) is 17.5. The molecule has 0 aliphatic carbocycles. The Morgan fingerprint density at radius 1 is 1.06 bits per heavy atom. The van der Waals surface area contributed by atoms with Crippen LogP contribution in [0.1, 0.15) is 30.9 Å². The molecule has 0 unspecified atom stereocenters. The normalized spacial score (nSPS) is 28.2. The molecule has 8 heteroatoms. The second-order valence-corrected chi connectivity index (χ2v) is 8.53. The molecule has 32 heavy (non-hydrogen) atoms. The summed E-state index contributed by atoms with van der Waals surface area (Å²) >= 11 is 0. The highest BCUT2D eigenvalue weighted by molar-refractivity contribution is 6.25. The Labute approximate surface area is 184 Å². The van der Waals surface area contributed by atoms with Crippen molar-refractivity contribution in [3.63, 3.8) is 0 Å². The van der Waals surface area contributed by atoms with Crippen LogP contribution in [0, 0.1) is 11.8 Å². The lowest BCUT2D eigenvalue weighted by atomic mass is 9.76. The molecule has 5 rings (SSSR count). The molecule has 2 fully saturated rings. The number of carboxylic acid groups (broad SMARTS) is 1. The third-order valence-corrected chi connectivity index (χ3v) is 6.89. The van der Waals surface area contributed by atoms with Gasteiger partial charge in [-0.15, -0.1) is 0 Å². The number of nitrogens with zero attached hydrogens (tertiary/aromatic N) is 1. The number of nitrogens with one attached hydrogen (secondary N) is 2. The Hall–Kier alpha value is -3.52. The van der Waals surface area contributed by atoms with E-state index in [1.54, 1.807) is 36.4 Å². The fourth-order valence-electron chi connectivity index (χ4n) is 5.42. The van der Waals surface area contributed by atoms with Crippen LogP contribution >= 0.6 is 0 Å². The molecule has 2 saturated heterocycles. The van der Waals surface area contributed by atoms with Crippen molar-refractivity contribution in [2.45, 2.75) is 37.8 Å². The van der Waals surface area contributed by atoms with E-state index in [0.29, 0.717) is 16.9 Å². The van der Waals surface area contributed by atoms with Crippen LogP contribution in [0.4, 0.5) is 11.4 Å². The van der Waals surface area contributed by atoms with E-state index >= 15 is 0 Å². The minimum absolute atomic E-state index is 0.134. The third-order valence-electron chi connectivity index (χ3n) is 6.89. The number of hydrogen-bond donors (Lipinski definition) is 3. The lowest BCUT2D eigenvalue weighted by Gasteiger charge is -2.29. The first-order valence-corrected chi connectivity index (χ1v) is 10.8. The van der Waals surface area contributed by atoms with Gasteiger partial charge in [0.05, 0.1) is 17.5 Å². The second-order valence-electron chi connectivity index (χ2n) is 8.53. The Morgan fingerprint density at radius 3 is 2.47 bits per heavy atom. The summed E-state index contributed by atoms with van der Waals surface area (Å²) in [7, 11) is 0. The molecule has 2 aromatic carbocycles. The van der Waals surface area contributed by atoms with Crippen molar-refractivity contribution in [2.24, 2.45) is 11.8 Å². The number of hydrogen-bond acceptors (Lipinski definition) is 5. The van der Waals surface area contributed by atoms with Crippen molar-refractivity contribution < 1.29 is 24.3 Å². The maximum atomic E-state index is 13.7. The molecule has 164 valence electrons. The van der Waals surface area contributed by atoms with E-state index in [0.717, 1.165) is 12.0 Å². The number of aryl methyl sites for hydroxylation is 1. The van der Waals surface area contributed by atoms with E-state index in [1.165, 1.54) is 4.90 Å². The van der Waals surface area contributed by atoms with E-state index in [-0.39, 0.29) is 12.8 Å². The van der Waals surface area contributed by atoms with Crippen LogP contribution in [0.2, 0.25) is 0 Å². The summed E-state index contributed by atoms with van der Waals surface area (Å²) in [6.07, 6.45) is 0.789. The summed E-state index contributed by atoms with van der Waals surface area (Å²) in [4.78, 5) is 53.0. The van der Waals surface area contributed by atoms with Gasteiger partial charge in [0.15, 0.2) is 0 Å². The van der Waals surface area contributed by atoms with Crippen molar-refractivity contribution in [1.29, 1.82) is 0 Å². The molecular weight excluding hydrogens is 410 g/mol. The van der Waals surface area contributed by atoms with Gasteiger partial charge in [-0.3, -0.25) is 24.5 Å². The zero-order valence-corrected chi connectivity index (χ0v) is 17.5. The van der Waals surface area contributed by atoms with Gasteiger partial charge >= 0.3 is 5.97 Å². The molecule has 4 atom stereocenters. The van der Waals surface area contributed by atoms with Gasteiger partial charge < -0.3 is 10.4 Å². The van der Waals surface area contributed by atoms with E-state index in [4.69, 9.17) is 0 Å². The number of carboxylic acids is 1. The fourth-order valence-corrected chi connectivity index (χ4v) is 5.42. The average molecular weight is 433 g/mol. The SMILES string of the molecule is CCc1ccc(N2C(=O)[C@@H]3[C@H](CCC(=O)O)N[C@]4(C(=O)Nc5ccccc54)[C@@H]3C2=O)cc1. The summed E-state index contributed by atoms with van der Waals surface area (Å²) in [5.41, 5.74) is 1.34. The largest absolute Gasteiger partial charge is 0.481 e. The summed E-state index contributed by atoms with van der Waals surface area (Å²) in [6.45, 7) is 2.02. The van der Waals surface area contributed by atoms with Crippen LogP contribution < -0.4 is 15.5 Å². The molecule has 0 saturated carbocycles. The van der Waals surface area contributed by atoms with Crippen molar-refractivity contribution in [1.82, 2.24) is 5.32 Å². The van der Waals surface area contributed by atoms with Gasteiger partial charge in [0.2, 0.25) is 17.7 Å². The Kier molecular flexibility index (Phi) is 4.63. The third kappa shape index (κ3) is 2.72. The first-order valence-electron chi connectivity index (χ1n) is 10.8. The summed E-state index contributed by atoms with van der Waals surface area (Å²) in [5, 5.41) is 15.3. The summed E-state index contributed by atoms with van der Waals surface area (Å²) in [6, 6.07) is 13.7. The fraction of sp³-hybridized carbons (Fsp3) is 0.333. The van der Waals surface area contributed by atoms with Gasteiger partial charge in [-0.1, -0.05) is 37.3 Å². The van der Waals surface area contributed by atoms with Crippen LogP contribution in [-0.2, 0) is 31.1 Å². The second kappa shape index (κ2) is 7.27. The smallest absolute Gasteiger partial charge is 0.303 e. The number of carbonyl (C=O) groups is 4. The monoisotopic (exact) mass is 433 g/mol. The highest BCUT2D eigenvalue weighted by Gasteiger charge is 2.70. The maximum Gasteiger partial charge on any atom is 0.303 e. The van der Waals surface area contributed by atoms with Crippen molar-refractivity contribution in [3.05, 3.63) is 59.7 Å². The number of rotatable bonds is 5. The molecule has 3 aliphatic heterocycles. The van der Waals surface area contributed by atoms with E-state index in [1.807, 2.05) is 19.1 Å². The topological polar surface area (TPSA) is 116 Å². The molecule has 3 aliphatic rings. The van der Waals surface area contributed by atoms with Crippen LogP contribution in [0.15, 0.2) is 48.5 Å². The molecule has 1 spiro atoms. The van der Waals surface area contributed by atoms with Gasteiger partial charge in [-0.05, 0) is 36.6 Å². The van der Waals surface area contributed by atoms with E-state index in [2.05, 4.69) is 10.6 Å². The Balaban J connectivity index is 1.61. The number of benzene rings is 2. The highest BCUT2D eigenvalue weighted by atomic mass is 16.4. The van der Waals surface area contributed by atoms with Gasteiger partial charge in [0.25, 0.3) is 0 Å². The number of para-hydroxylation sites is 1. The van der Waals surface area contributed by atoms with E-state index < -0.39 is 47.1 Å². The maximum absolute atomic E-state index is 13.7. The first-order chi connectivity index (χ1) is 15.4. The van der Waals surface area contributed by atoms with Crippen molar-refractivity contribution in [3.8, 4) is 0 Å². The summed E-state index contributed by atoms with van der Waals surface area (Å²) in [5.74, 6) is -4.02. The molecule has 2 aromatic rings. The molecular formula is C24H23N3O5. The Bertz CT molecular complexity index is 1140. The molecule has 3 amide bonds. The highest BCUT2D eigenvalue weighted by Crippen LogP contribution is 2.54. The van der Waals surface area contributed by atoms with Gasteiger partial charge in [0, 0.05) is 23.7 Å². The molecule has 0 bridgehead atoms. The van der Waals surface area contributed by atoms with Crippen LogP contribution in [0.3, 0.4) is 0 Å². The lowest BCUT2D eigenvalue weighted by Crippen LogP contribution is -2.53. The average Bonchev–Trinajstić information content (AvgIpc) is 3.37. The Morgan fingerprint density at radius 2 is 1.78 bits per heavy atom. The number of imide groups is 1. The lowest BCUT2D eigenvalue weighted by molar-refractivity contribution is -0.137. The van der Waals surface area contributed by atoms with Gasteiger partial charge in [-0.2, -0.15) is 0 Å². The molecule has 3 heterocycles. The number of anilines is 2. The van der Waals surface area contributed by atoms with Gasteiger partial charge in [-0.25, -0.2) is 4.90 Å². The predicted octanol–water partition coefficient (Wildman–Crippen LogP) is 2.04.